The molecule has 0 saturated heterocycles. The average Bonchev–Trinajstić information content (AvgIpc) is 2.45. The Hall–Kier alpha value is -0.760. The number of Topliss-reactive ketones (excluding diaryl/α,β-unsaturated/α-hetero) is 1. The Kier molecular flexibility index (Phi) is 8.24. The van der Waals surface area contributed by atoms with Gasteiger partial charge >= 0.3 is 13.6 Å². The van der Waals surface area contributed by atoms with E-state index in [9.17, 15) is 14.2 Å². The van der Waals surface area contributed by atoms with E-state index in [0.29, 0.717) is 5.56 Å². The summed E-state index contributed by atoms with van der Waals surface area (Å²) in [5.41, 5.74) is 0.456. The van der Waals surface area contributed by atoms with Gasteiger partial charge in [-0.15, -0.1) is 0 Å². The maximum Gasteiger partial charge on any atom is 0.341 e. The van der Waals surface area contributed by atoms with Crippen LogP contribution in [0, 0.1) is 3.57 Å². The van der Waals surface area contributed by atoms with Crippen molar-refractivity contribution < 1.29 is 27.9 Å². The molecule has 0 saturated carbocycles. The molecule has 8 heteroatoms. The van der Waals surface area contributed by atoms with Crippen LogP contribution in [0.25, 0.3) is 0 Å². The Balaban J connectivity index is 2.55. The molecular weight excluding hydrogens is 422 g/mol. The Labute approximate surface area is 143 Å². The van der Waals surface area contributed by atoms with Gasteiger partial charge in [-0.25, -0.2) is 0 Å². The second-order valence-electron chi connectivity index (χ2n) is 4.20. The zero-order chi connectivity index (χ0) is 16.6. The van der Waals surface area contributed by atoms with E-state index in [-0.39, 0.29) is 19.0 Å². The minimum Gasteiger partial charge on any atom is -0.457 e. The summed E-state index contributed by atoms with van der Waals surface area (Å²) in [4.78, 5) is 23.6. The molecule has 0 atom stereocenters. The van der Waals surface area contributed by atoms with Crippen LogP contribution in [0.1, 0.15) is 24.2 Å². The standard InChI is InChI=1S/C14H18IO6P/c1-3-20-22(18,21-4-2)10-14(17)19-9-13(16)11-6-5-7-12(15)8-11/h5-8H,3-4,9-10H2,1-2H3. The van der Waals surface area contributed by atoms with Crippen LogP contribution >= 0.6 is 30.2 Å². The predicted octanol–water partition coefficient (Wildman–Crippen LogP) is 3.28. The van der Waals surface area contributed by atoms with Crippen LogP contribution in [0.5, 0.6) is 0 Å². The lowest BCUT2D eigenvalue weighted by molar-refractivity contribution is -0.139. The first-order valence-electron chi connectivity index (χ1n) is 6.72. The van der Waals surface area contributed by atoms with Crippen molar-refractivity contribution in [3.05, 3.63) is 33.4 Å². The summed E-state index contributed by atoms with van der Waals surface area (Å²) < 4.78 is 27.9. The van der Waals surface area contributed by atoms with Crippen molar-refractivity contribution in [3.63, 3.8) is 0 Å². The van der Waals surface area contributed by atoms with E-state index >= 15 is 0 Å². The largest absolute Gasteiger partial charge is 0.457 e. The lowest BCUT2D eigenvalue weighted by Crippen LogP contribution is -2.18. The van der Waals surface area contributed by atoms with Crippen molar-refractivity contribution in [2.24, 2.45) is 0 Å². The molecule has 0 heterocycles. The summed E-state index contributed by atoms with van der Waals surface area (Å²) in [5, 5.41) is 0. The van der Waals surface area contributed by atoms with E-state index in [1.54, 1.807) is 32.0 Å². The third-order valence-electron chi connectivity index (χ3n) is 2.49. The lowest BCUT2D eigenvalue weighted by Gasteiger charge is -2.15. The van der Waals surface area contributed by atoms with Gasteiger partial charge < -0.3 is 13.8 Å². The number of carbonyl (C=O) groups excluding carboxylic acids is 2. The lowest BCUT2D eigenvalue weighted by atomic mass is 10.1. The highest BCUT2D eigenvalue weighted by Gasteiger charge is 2.28. The summed E-state index contributed by atoms with van der Waals surface area (Å²) in [5.74, 6) is -1.11. The van der Waals surface area contributed by atoms with Gasteiger partial charge in [0, 0.05) is 9.13 Å². The maximum atomic E-state index is 12.2. The molecule has 0 spiro atoms. The van der Waals surface area contributed by atoms with Gasteiger partial charge in [-0.2, -0.15) is 0 Å². The second-order valence-corrected chi connectivity index (χ2v) is 7.50. The molecule has 0 fully saturated rings. The SMILES string of the molecule is CCOP(=O)(CC(=O)OCC(=O)c1cccc(I)c1)OCC. The topological polar surface area (TPSA) is 78.9 Å². The highest BCUT2D eigenvalue weighted by molar-refractivity contribution is 14.1. The molecule has 22 heavy (non-hydrogen) atoms. The Morgan fingerprint density at radius 1 is 1.18 bits per heavy atom. The number of hydrogen-bond donors (Lipinski definition) is 0. The fourth-order valence-electron chi connectivity index (χ4n) is 1.62. The van der Waals surface area contributed by atoms with Crippen LogP contribution in [0.4, 0.5) is 0 Å². The first-order valence-corrected chi connectivity index (χ1v) is 9.53. The Morgan fingerprint density at radius 3 is 2.36 bits per heavy atom. The Bertz CT molecular complexity index is 564. The fourth-order valence-corrected chi connectivity index (χ4v) is 3.61. The van der Waals surface area contributed by atoms with Crippen molar-refractivity contribution in [3.8, 4) is 0 Å². The van der Waals surface area contributed by atoms with Gasteiger partial charge in [-0.1, -0.05) is 12.1 Å². The van der Waals surface area contributed by atoms with Crippen molar-refractivity contribution in [1.82, 2.24) is 0 Å². The van der Waals surface area contributed by atoms with Crippen molar-refractivity contribution in [2.75, 3.05) is 26.0 Å². The van der Waals surface area contributed by atoms with E-state index in [1.165, 1.54) is 0 Å². The van der Waals surface area contributed by atoms with Crippen molar-refractivity contribution in [2.45, 2.75) is 13.8 Å². The normalized spacial score (nSPS) is 11.2. The third-order valence-corrected chi connectivity index (χ3v) is 5.10. The van der Waals surface area contributed by atoms with Crippen LogP contribution in [0.2, 0.25) is 0 Å². The van der Waals surface area contributed by atoms with Gasteiger partial charge in [0.25, 0.3) is 0 Å². The van der Waals surface area contributed by atoms with Crippen molar-refractivity contribution >= 4 is 41.9 Å². The molecule has 0 amide bonds. The fraction of sp³-hybridized carbons (Fsp3) is 0.429. The number of rotatable bonds is 9. The quantitative estimate of drug-likeness (QED) is 0.254. The second kappa shape index (κ2) is 9.39. The molecule has 0 radical (unpaired) electrons. The average molecular weight is 440 g/mol. The zero-order valence-corrected chi connectivity index (χ0v) is 15.5. The Morgan fingerprint density at radius 2 is 1.82 bits per heavy atom. The molecule has 0 unspecified atom stereocenters. The molecule has 1 aromatic carbocycles. The smallest absolute Gasteiger partial charge is 0.341 e. The molecule has 0 aliphatic carbocycles. The highest BCUT2D eigenvalue weighted by atomic mass is 127. The molecular formula is C14H18IO6P. The van der Waals surface area contributed by atoms with Gasteiger partial charge in [-0.3, -0.25) is 14.2 Å². The number of hydrogen-bond acceptors (Lipinski definition) is 6. The number of benzene rings is 1. The van der Waals surface area contributed by atoms with Crippen LogP contribution < -0.4 is 0 Å². The monoisotopic (exact) mass is 440 g/mol. The number of ether oxygens (including phenoxy) is 1. The molecule has 6 nitrogen and oxygen atoms in total. The number of ketones is 1. The van der Waals surface area contributed by atoms with Crippen molar-refractivity contribution in [1.29, 1.82) is 0 Å². The summed E-state index contributed by atoms with van der Waals surface area (Å²) in [6.07, 6.45) is -0.506. The van der Waals surface area contributed by atoms with Gasteiger partial charge in [-0.05, 0) is 48.6 Å². The summed E-state index contributed by atoms with van der Waals surface area (Å²) in [7, 11) is -3.50. The molecule has 0 N–H and O–H groups in total. The number of esters is 1. The number of halogens is 1. The van der Waals surface area contributed by atoms with E-state index in [0.717, 1.165) is 3.57 Å². The molecule has 0 aliphatic heterocycles. The van der Waals surface area contributed by atoms with Crippen LogP contribution in [0.15, 0.2) is 24.3 Å². The zero-order valence-electron chi connectivity index (χ0n) is 12.4. The van der Waals surface area contributed by atoms with Crippen LogP contribution in [-0.4, -0.2) is 37.7 Å². The van der Waals surface area contributed by atoms with Gasteiger partial charge in [0.2, 0.25) is 0 Å². The summed E-state index contributed by atoms with van der Waals surface area (Å²) in [6.45, 7) is 3.21. The highest BCUT2D eigenvalue weighted by Crippen LogP contribution is 2.47. The molecule has 0 bridgehead atoms. The predicted molar refractivity (Wildman–Crippen MR) is 90.2 cm³/mol. The molecule has 0 aromatic heterocycles. The summed E-state index contributed by atoms with van der Waals surface area (Å²) in [6, 6.07) is 6.94. The van der Waals surface area contributed by atoms with Gasteiger partial charge in [0.1, 0.15) is 6.16 Å². The summed E-state index contributed by atoms with van der Waals surface area (Å²) >= 11 is 2.09. The van der Waals surface area contributed by atoms with E-state index in [1.807, 2.05) is 6.07 Å². The third kappa shape index (κ3) is 6.56. The van der Waals surface area contributed by atoms with E-state index in [2.05, 4.69) is 22.6 Å². The minimum absolute atomic E-state index is 0.159. The van der Waals surface area contributed by atoms with Crippen LogP contribution in [-0.2, 0) is 23.1 Å². The molecule has 1 aromatic rings. The first kappa shape index (κ1) is 19.3. The van der Waals surface area contributed by atoms with Gasteiger partial charge in [0.05, 0.1) is 13.2 Å². The maximum absolute atomic E-state index is 12.2. The molecule has 122 valence electrons. The van der Waals surface area contributed by atoms with E-state index in [4.69, 9.17) is 13.8 Å². The molecule has 1 rings (SSSR count). The first-order chi connectivity index (χ1) is 10.4. The van der Waals surface area contributed by atoms with Crippen LogP contribution in [0.3, 0.4) is 0 Å². The van der Waals surface area contributed by atoms with E-state index < -0.39 is 26.3 Å². The minimum atomic E-state index is -3.50. The van der Waals surface area contributed by atoms with Gasteiger partial charge in [0.15, 0.2) is 12.4 Å². The molecule has 0 aliphatic rings. The number of carbonyl (C=O) groups is 2.